The van der Waals surface area contributed by atoms with Crippen LogP contribution in [0.5, 0.6) is 0 Å². The van der Waals surface area contributed by atoms with Gasteiger partial charge in [0.1, 0.15) is 5.69 Å². The number of aromatic nitrogens is 2. The number of nitrogens with one attached hydrogen (secondary N) is 1. The third kappa shape index (κ3) is 4.15. The average molecular weight is 380 g/mol. The van der Waals surface area contributed by atoms with Gasteiger partial charge in [-0.05, 0) is 26.7 Å². The fourth-order valence-electron chi connectivity index (χ4n) is 4.19. The SMILES string of the molecule is Cc1ncn(C)c1C(=O)N[C@H]1COC2(CCN(CC(=O)O)CC2)C[C@]1(C)O. The van der Waals surface area contributed by atoms with Gasteiger partial charge in [-0.25, -0.2) is 4.98 Å². The number of rotatable bonds is 4. The molecule has 0 unspecified atom stereocenters. The van der Waals surface area contributed by atoms with Crippen molar-refractivity contribution in [1.29, 1.82) is 0 Å². The van der Waals surface area contributed by atoms with Gasteiger partial charge < -0.3 is 24.8 Å². The monoisotopic (exact) mass is 380 g/mol. The van der Waals surface area contributed by atoms with Crippen LogP contribution in [0, 0.1) is 6.92 Å². The minimum Gasteiger partial charge on any atom is -0.480 e. The number of aliphatic carboxylic acids is 1. The molecule has 3 heterocycles. The lowest BCUT2D eigenvalue weighted by molar-refractivity contribution is -0.187. The largest absolute Gasteiger partial charge is 0.480 e. The minimum atomic E-state index is -1.12. The van der Waals surface area contributed by atoms with Crippen LogP contribution in [0.1, 0.15) is 42.4 Å². The highest BCUT2D eigenvalue weighted by Crippen LogP contribution is 2.39. The summed E-state index contributed by atoms with van der Waals surface area (Å²) in [6.45, 7) is 4.97. The lowest BCUT2D eigenvalue weighted by Crippen LogP contribution is -2.64. The van der Waals surface area contributed by atoms with E-state index < -0.39 is 23.2 Å². The molecule has 3 N–H and O–H groups in total. The minimum absolute atomic E-state index is 0.0230. The Hall–Kier alpha value is -1.97. The van der Waals surface area contributed by atoms with E-state index in [2.05, 4.69) is 10.3 Å². The number of carbonyl (C=O) groups is 2. The Labute approximate surface area is 158 Å². The maximum absolute atomic E-state index is 12.6. The van der Waals surface area contributed by atoms with Crippen LogP contribution < -0.4 is 5.32 Å². The summed E-state index contributed by atoms with van der Waals surface area (Å²) in [5.74, 6) is -1.12. The van der Waals surface area contributed by atoms with E-state index in [9.17, 15) is 14.7 Å². The summed E-state index contributed by atoms with van der Waals surface area (Å²) < 4.78 is 7.77. The standard InChI is InChI=1S/C18H28N4O5/c1-12-15(21(3)11-19-12)16(25)20-13-9-27-18(10-17(13,2)26)4-6-22(7-5-18)8-14(23)24/h11,13,26H,4-10H2,1-3H3,(H,20,25)(H,23,24)/t13-,17-/m0/s1. The first kappa shape index (κ1) is 19.8. The van der Waals surface area contributed by atoms with E-state index in [1.54, 1.807) is 31.8 Å². The van der Waals surface area contributed by atoms with E-state index in [1.165, 1.54) is 0 Å². The van der Waals surface area contributed by atoms with Crippen molar-refractivity contribution in [3.63, 3.8) is 0 Å². The number of aryl methyl sites for hydroxylation is 2. The van der Waals surface area contributed by atoms with Crippen LogP contribution >= 0.6 is 0 Å². The molecule has 1 spiro atoms. The molecule has 2 fully saturated rings. The second kappa shape index (κ2) is 7.21. The molecule has 0 saturated carbocycles. The van der Waals surface area contributed by atoms with Crippen molar-refractivity contribution in [3.05, 3.63) is 17.7 Å². The number of carboxylic acids is 1. The van der Waals surface area contributed by atoms with E-state index in [0.717, 1.165) is 0 Å². The second-order valence-corrected chi connectivity index (χ2v) is 8.01. The number of imidazole rings is 1. The van der Waals surface area contributed by atoms with Gasteiger partial charge in [0, 0.05) is 26.6 Å². The van der Waals surface area contributed by atoms with Gasteiger partial charge in [-0.15, -0.1) is 0 Å². The van der Waals surface area contributed by atoms with Crippen molar-refractivity contribution in [2.45, 2.75) is 50.4 Å². The molecular weight excluding hydrogens is 352 g/mol. The Bertz CT molecular complexity index is 702. The normalized spacial score (nSPS) is 28.2. The van der Waals surface area contributed by atoms with Crippen molar-refractivity contribution in [1.82, 2.24) is 19.8 Å². The zero-order chi connectivity index (χ0) is 19.8. The lowest BCUT2D eigenvalue weighted by Gasteiger charge is -2.51. The smallest absolute Gasteiger partial charge is 0.317 e. The quantitative estimate of drug-likeness (QED) is 0.669. The summed E-state index contributed by atoms with van der Waals surface area (Å²) in [7, 11) is 1.75. The number of carbonyl (C=O) groups excluding carboxylic acids is 1. The maximum Gasteiger partial charge on any atom is 0.317 e. The first-order valence-corrected chi connectivity index (χ1v) is 9.21. The molecule has 0 aromatic carbocycles. The summed E-state index contributed by atoms with van der Waals surface area (Å²) in [6, 6.07) is -0.526. The maximum atomic E-state index is 12.6. The molecular formula is C18H28N4O5. The molecule has 2 aliphatic heterocycles. The Morgan fingerprint density at radius 2 is 2.07 bits per heavy atom. The number of piperidine rings is 1. The molecule has 3 rings (SSSR count). The van der Waals surface area contributed by atoms with Gasteiger partial charge in [0.05, 0.1) is 42.4 Å². The number of hydrogen-bond acceptors (Lipinski definition) is 6. The Morgan fingerprint density at radius 1 is 1.41 bits per heavy atom. The van der Waals surface area contributed by atoms with Gasteiger partial charge in [-0.3, -0.25) is 14.5 Å². The first-order valence-electron chi connectivity index (χ1n) is 9.21. The van der Waals surface area contributed by atoms with Gasteiger partial charge in [0.25, 0.3) is 5.91 Å². The highest BCUT2D eigenvalue weighted by Gasteiger charge is 2.49. The number of amides is 1. The van der Waals surface area contributed by atoms with Crippen LogP contribution in [-0.4, -0.2) is 80.0 Å². The third-order valence-electron chi connectivity index (χ3n) is 5.75. The van der Waals surface area contributed by atoms with Gasteiger partial charge in [0.2, 0.25) is 0 Å². The fourth-order valence-corrected chi connectivity index (χ4v) is 4.19. The van der Waals surface area contributed by atoms with Crippen LogP contribution in [0.3, 0.4) is 0 Å². The Kier molecular flexibility index (Phi) is 5.29. The van der Waals surface area contributed by atoms with Crippen molar-refractivity contribution in [2.75, 3.05) is 26.2 Å². The number of likely N-dealkylation sites (tertiary alicyclic amines) is 1. The van der Waals surface area contributed by atoms with E-state index in [0.29, 0.717) is 43.7 Å². The first-order chi connectivity index (χ1) is 12.6. The zero-order valence-electron chi connectivity index (χ0n) is 16.1. The van der Waals surface area contributed by atoms with Crippen molar-refractivity contribution >= 4 is 11.9 Å². The summed E-state index contributed by atoms with van der Waals surface area (Å²) >= 11 is 0. The third-order valence-corrected chi connectivity index (χ3v) is 5.75. The number of ether oxygens (including phenoxy) is 1. The Morgan fingerprint density at radius 3 is 2.59 bits per heavy atom. The molecule has 27 heavy (non-hydrogen) atoms. The molecule has 2 aliphatic rings. The fraction of sp³-hybridized carbons (Fsp3) is 0.722. The van der Waals surface area contributed by atoms with Gasteiger partial charge in [0.15, 0.2) is 0 Å². The molecule has 0 aliphatic carbocycles. The number of hydrogen-bond donors (Lipinski definition) is 3. The molecule has 0 bridgehead atoms. The molecule has 9 nitrogen and oxygen atoms in total. The van der Waals surface area contributed by atoms with Crippen molar-refractivity contribution in [3.8, 4) is 0 Å². The predicted octanol–water partition coefficient (Wildman–Crippen LogP) is -0.0826. The zero-order valence-corrected chi connectivity index (χ0v) is 16.1. The summed E-state index contributed by atoms with van der Waals surface area (Å²) in [6.07, 6.45) is 3.31. The Balaban J connectivity index is 1.63. The van der Waals surface area contributed by atoms with Crippen LogP contribution in [-0.2, 0) is 16.6 Å². The summed E-state index contributed by atoms with van der Waals surface area (Å²) in [5.41, 5.74) is -0.487. The number of carboxylic acid groups (broad SMARTS) is 1. The van der Waals surface area contributed by atoms with E-state index in [-0.39, 0.29) is 19.1 Å². The van der Waals surface area contributed by atoms with E-state index in [1.807, 2.05) is 4.90 Å². The molecule has 150 valence electrons. The topological polar surface area (TPSA) is 117 Å². The molecule has 9 heteroatoms. The molecule has 0 radical (unpaired) electrons. The average Bonchev–Trinajstić information content (AvgIpc) is 2.90. The molecule has 1 amide bonds. The van der Waals surface area contributed by atoms with Crippen LogP contribution in [0.2, 0.25) is 0 Å². The molecule has 1 aromatic heterocycles. The molecule has 2 atom stereocenters. The highest BCUT2D eigenvalue weighted by molar-refractivity contribution is 5.93. The van der Waals surface area contributed by atoms with E-state index in [4.69, 9.17) is 9.84 Å². The van der Waals surface area contributed by atoms with Crippen molar-refractivity contribution < 1.29 is 24.5 Å². The van der Waals surface area contributed by atoms with Gasteiger partial charge in [-0.1, -0.05) is 0 Å². The van der Waals surface area contributed by atoms with E-state index >= 15 is 0 Å². The molecule has 2 saturated heterocycles. The highest BCUT2D eigenvalue weighted by atomic mass is 16.5. The summed E-state index contributed by atoms with van der Waals surface area (Å²) in [5, 5.41) is 22.8. The van der Waals surface area contributed by atoms with Crippen LogP contribution in [0.15, 0.2) is 6.33 Å². The number of aliphatic hydroxyl groups is 1. The predicted molar refractivity (Wildman–Crippen MR) is 96.4 cm³/mol. The number of nitrogens with zero attached hydrogens (tertiary/aromatic N) is 3. The summed E-state index contributed by atoms with van der Waals surface area (Å²) in [4.78, 5) is 29.5. The van der Waals surface area contributed by atoms with Gasteiger partial charge in [-0.2, -0.15) is 0 Å². The lowest BCUT2D eigenvalue weighted by atomic mass is 9.75. The van der Waals surface area contributed by atoms with Crippen molar-refractivity contribution in [2.24, 2.45) is 7.05 Å². The second-order valence-electron chi connectivity index (χ2n) is 8.01. The molecule has 1 aromatic rings. The van der Waals surface area contributed by atoms with Crippen LogP contribution in [0.4, 0.5) is 0 Å². The van der Waals surface area contributed by atoms with Gasteiger partial charge >= 0.3 is 5.97 Å². The van der Waals surface area contributed by atoms with Crippen LogP contribution in [0.25, 0.3) is 0 Å².